The monoisotopic (exact) mass is 392 g/mol. The summed E-state index contributed by atoms with van der Waals surface area (Å²) in [5.74, 6) is 0.515. The standard InChI is InChI=1S/C18H24N4O4S/c1-11(2)8-14(19-16(23)13-9-12(3)26-21-13)17-20-15(10-27-17)18(24)22-4-6-25-7-5-22/h9-11,14H,4-8H2,1-3H3,(H,19,23)/t14-/m0/s1. The van der Waals surface area contributed by atoms with Gasteiger partial charge in [-0.05, 0) is 19.3 Å². The maximum absolute atomic E-state index is 12.6. The fourth-order valence-corrected chi connectivity index (χ4v) is 3.73. The summed E-state index contributed by atoms with van der Waals surface area (Å²) in [6, 6.07) is 1.31. The molecule has 0 bridgehead atoms. The van der Waals surface area contributed by atoms with E-state index < -0.39 is 0 Å². The quantitative estimate of drug-likeness (QED) is 0.811. The molecule has 146 valence electrons. The molecule has 0 radical (unpaired) electrons. The molecule has 3 rings (SSSR count). The summed E-state index contributed by atoms with van der Waals surface area (Å²) in [6.07, 6.45) is 0.710. The second-order valence-electron chi connectivity index (χ2n) is 6.95. The fraction of sp³-hybridized carbons (Fsp3) is 0.556. The van der Waals surface area contributed by atoms with Crippen LogP contribution in [0.15, 0.2) is 16.0 Å². The van der Waals surface area contributed by atoms with Crippen LogP contribution in [0.3, 0.4) is 0 Å². The normalized spacial score (nSPS) is 15.8. The van der Waals surface area contributed by atoms with Crippen molar-refractivity contribution in [2.24, 2.45) is 5.92 Å². The predicted octanol–water partition coefficient (Wildman–Crippen LogP) is 2.43. The van der Waals surface area contributed by atoms with Crippen LogP contribution in [0.5, 0.6) is 0 Å². The van der Waals surface area contributed by atoms with Crippen molar-refractivity contribution >= 4 is 23.2 Å². The number of thiazole rings is 1. The van der Waals surface area contributed by atoms with E-state index in [-0.39, 0.29) is 23.6 Å². The molecule has 27 heavy (non-hydrogen) atoms. The highest BCUT2D eigenvalue weighted by atomic mass is 32.1. The molecule has 9 heteroatoms. The maximum Gasteiger partial charge on any atom is 0.274 e. The molecule has 1 atom stereocenters. The van der Waals surface area contributed by atoms with Crippen LogP contribution in [0.2, 0.25) is 0 Å². The van der Waals surface area contributed by atoms with Crippen molar-refractivity contribution in [3.63, 3.8) is 0 Å². The number of amides is 2. The van der Waals surface area contributed by atoms with Crippen LogP contribution in [-0.4, -0.2) is 53.2 Å². The summed E-state index contributed by atoms with van der Waals surface area (Å²) in [5, 5.41) is 9.20. The van der Waals surface area contributed by atoms with Gasteiger partial charge in [0.05, 0.1) is 19.3 Å². The Balaban J connectivity index is 1.74. The lowest BCUT2D eigenvalue weighted by Crippen LogP contribution is -2.40. The Hall–Kier alpha value is -2.26. The van der Waals surface area contributed by atoms with E-state index in [0.29, 0.717) is 55.1 Å². The molecule has 1 saturated heterocycles. The molecule has 2 aromatic rings. The minimum atomic E-state index is -0.311. The second-order valence-corrected chi connectivity index (χ2v) is 7.84. The first-order chi connectivity index (χ1) is 12.9. The number of aromatic nitrogens is 2. The van der Waals surface area contributed by atoms with E-state index in [9.17, 15) is 9.59 Å². The van der Waals surface area contributed by atoms with Gasteiger partial charge in [0.25, 0.3) is 11.8 Å². The summed E-state index contributed by atoms with van der Waals surface area (Å²) >= 11 is 1.39. The highest BCUT2D eigenvalue weighted by molar-refractivity contribution is 7.09. The van der Waals surface area contributed by atoms with Gasteiger partial charge in [-0.2, -0.15) is 0 Å². The number of nitrogens with one attached hydrogen (secondary N) is 1. The number of aryl methyl sites for hydroxylation is 1. The molecule has 0 aliphatic carbocycles. The van der Waals surface area contributed by atoms with Crippen LogP contribution in [0, 0.1) is 12.8 Å². The number of ether oxygens (including phenoxy) is 1. The lowest BCUT2D eigenvalue weighted by Gasteiger charge is -2.26. The third-order valence-electron chi connectivity index (χ3n) is 4.21. The van der Waals surface area contributed by atoms with Gasteiger partial charge in [0.2, 0.25) is 0 Å². The number of carbonyl (C=O) groups excluding carboxylic acids is 2. The molecule has 0 saturated carbocycles. The summed E-state index contributed by atoms with van der Waals surface area (Å²) in [7, 11) is 0. The van der Waals surface area contributed by atoms with Gasteiger partial charge in [-0.3, -0.25) is 9.59 Å². The van der Waals surface area contributed by atoms with Crippen LogP contribution in [0.25, 0.3) is 0 Å². The Morgan fingerprint density at radius 1 is 1.30 bits per heavy atom. The van der Waals surface area contributed by atoms with E-state index in [0.717, 1.165) is 0 Å². The first kappa shape index (κ1) is 19.5. The van der Waals surface area contributed by atoms with Crippen LogP contribution < -0.4 is 5.32 Å². The Morgan fingerprint density at radius 2 is 2.04 bits per heavy atom. The van der Waals surface area contributed by atoms with E-state index >= 15 is 0 Å². The van der Waals surface area contributed by atoms with Crippen molar-refractivity contribution < 1.29 is 18.8 Å². The second kappa shape index (κ2) is 8.62. The molecule has 0 aromatic carbocycles. The molecule has 2 aromatic heterocycles. The van der Waals surface area contributed by atoms with Crippen molar-refractivity contribution in [3.05, 3.63) is 33.6 Å². The Labute approximate surface area is 161 Å². The number of rotatable bonds is 6. The molecule has 1 N–H and O–H groups in total. The molecular weight excluding hydrogens is 368 g/mol. The average Bonchev–Trinajstić information content (AvgIpc) is 3.30. The van der Waals surface area contributed by atoms with Gasteiger partial charge < -0.3 is 19.5 Å². The van der Waals surface area contributed by atoms with Crippen LogP contribution in [0.4, 0.5) is 0 Å². The molecule has 3 heterocycles. The van der Waals surface area contributed by atoms with Crippen LogP contribution in [0.1, 0.15) is 58.1 Å². The van der Waals surface area contributed by atoms with Crippen molar-refractivity contribution in [1.29, 1.82) is 0 Å². The SMILES string of the molecule is Cc1cc(C(=O)N[C@@H](CC(C)C)c2nc(C(=O)N3CCOCC3)cs2)no1. The largest absolute Gasteiger partial charge is 0.378 e. The number of hydrogen-bond donors (Lipinski definition) is 1. The van der Waals surface area contributed by atoms with Gasteiger partial charge in [-0.1, -0.05) is 19.0 Å². The Kier molecular flexibility index (Phi) is 6.22. The van der Waals surface area contributed by atoms with Gasteiger partial charge >= 0.3 is 0 Å². The van der Waals surface area contributed by atoms with Crippen molar-refractivity contribution in [3.8, 4) is 0 Å². The van der Waals surface area contributed by atoms with Gasteiger partial charge in [0.15, 0.2) is 5.69 Å². The van der Waals surface area contributed by atoms with Crippen molar-refractivity contribution in [1.82, 2.24) is 20.4 Å². The smallest absolute Gasteiger partial charge is 0.274 e. The predicted molar refractivity (Wildman–Crippen MR) is 99.7 cm³/mol. The highest BCUT2D eigenvalue weighted by Gasteiger charge is 2.25. The van der Waals surface area contributed by atoms with Crippen LogP contribution >= 0.6 is 11.3 Å². The number of morpholine rings is 1. The zero-order chi connectivity index (χ0) is 19.4. The topological polar surface area (TPSA) is 97.6 Å². The van der Waals surface area contributed by atoms with E-state index in [1.54, 1.807) is 23.3 Å². The van der Waals surface area contributed by atoms with E-state index in [4.69, 9.17) is 9.26 Å². The molecular formula is C18H24N4O4S. The van der Waals surface area contributed by atoms with Gasteiger partial charge in [-0.25, -0.2) is 4.98 Å². The number of hydrogen-bond acceptors (Lipinski definition) is 7. The molecule has 0 spiro atoms. The minimum absolute atomic E-state index is 0.0949. The summed E-state index contributed by atoms with van der Waals surface area (Å²) < 4.78 is 10.3. The Morgan fingerprint density at radius 3 is 2.67 bits per heavy atom. The molecule has 1 aliphatic rings. The number of carbonyl (C=O) groups is 2. The summed E-state index contributed by atoms with van der Waals surface area (Å²) in [4.78, 5) is 31.3. The van der Waals surface area contributed by atoms with Crippen LogP contribution in [-0.2, 0) is 4.74 Å². The van der Waals surface area contributed by atoms with E-state index in [1.807, 2.05) is 0 Å². The highest BCUT2D eigenvalue weighted by Crippen LogP contribution is 2.26. The summed E-state index contributed by atoms with van der Waals surface area (Å²) in [5.41, 5.74) is 0.652. The van der Waals surface area contributed by atoms with Gasteiger partial charge in [0.1, 0.15) is 16.5 Å². The first-order valence-corrected chi connectivity index (χ1v) is 9.88. The average molecular weight is 392 g/mol. The van der Waals surface area contributed by atoms with Gasteiger partial charge in [-0.15, -0.1) is 11.3 Å². The van der Waals surface area contributed by atoms with Crippen molar-refractivity contribution in [2.45, 2.75) is 33.2 Å². The number of nitrogens with zero attached hydrogens (tertiary/aromatic N) is 3. The molecule has 1 aliphatic heterocycles. The zero-order valence-corrected chi connectivity index (χ0v) is 16.5. The Bertz CT molecular complexity index is 795. The maximum atomic E-state index is 12.6. The van der Waals surface area contributed by atoms with Crippen molar-refractivity contribution in [2.75, 3.05) is 26.3 Å². The summed E-state index contributed by atoms with van der Waals surface area (Å²) in [6.45, 7) is 8.13. The van der Waals surface area contributed by atoms with E-state index in [1.165, 1.54) is 11.3 Å². The third-order valence-corrected chi connectivity index (χ3v) is 5.17. The van der Waals surface area contributed by atoms with E-state index in [2.05, 4.69) is 29.3 Å². The lowest BCUT2D eigenvalue weighted by molar-refractivity contribution is 0.0299. The molecule has 8 nitrogen and oxygen atoms in total. The first-order valence-electron chi connectivity index (χ1n) is 9.00. The van der Waals surface area contributed by atoms with Gasteiger partial charge in [0, 0.05) is 24.5 Å². The molecule has 0 unspecified atom stereocenters. The lowest BCUT2D eigenvalue weighted by atomic mass is 10.0. The minimum Gasteiger partial charge on any atom is -0.378 e. The fourth-order valence-electron chi connectivity index (χ4n) is 2.87. The molecule has 2 amide bonds. The zero-order valence-electron chi connectivity index (χ0n) is 15.7. The molecule has 1 fully saturated rings. The third kappa shape index (κ3) is 4.92.